The number of likely N-dealkylation sites (tertiary alicyclic amines) is 2. The number of hydrogen-bond donors (Lipinski definition) is 1. The molecule has 1 saturated carbocycles. The van der Waals surface area contributed by atoms with E-state index in [1.807, 2.05) is 24.3 Å². The van der Waals surface area contributed by atoms with Crippen LogP contribution in [0.15, 0.2) is 24.3 Å². The number of carbonyl (C=O) groups is 3. The predicted octanol–water partition coefficient (Wildman–Crippen LogP) is 2.77. The first-order chi connectivity index (χ1) is 18.0. The van der Waals surface area contributed by atoms with Crippen molar-refractivity contribution in [3.63, 3.8) is 0 Å². The normalized spacial score (nSPS) is 25.3. The molecule has 4 atom stereocenters. The number of nitrogens with one attached hydrogen (secondary N) is 1. The molecule has 4 aliphatic rings. The number of carbonyl (C=O) groups excluding carboxylic acids is 3. The number of ketones is 1. The van der Waals surface area contributed by atoms with Gasteiger partial charge in [0.1, 0.15) is 31.0 Å². The molecular weight excluding hydrogens is 606 g/mol. The minimum atomic E-state index is -1.39. The lowest BCUT2D eigenvalue weighted by Gasteiger charge is -2.32. The molecular formula is C28H46FN3O5S4. The Hall–Kier alpha value is -0.960. The van der Waals surface area contributed by atoms with Gasteiger partial charge in [-0.25, -0.2) is 4.39 Å². The number of nitrogens with zero attached hydrogens (tertiary/aromatic N) is 2. The van der Waals surface area contributed by atoms with Crippen molar-refractivity contribution < 1.29 is 28.2 Å². The van der Waals surface area contributed by atoms with Gasteiger partial charge in [-0.1, -0.05) is 25.0 Å². The minimum absolute atomic E-state index is 0. The van der Waals surface area contributed by atoms with Crippen LogP contribution in [-0.4, -0.2) is 98.3 Å². The van der Waals surface area contributed by atoms with Crippen molar-refractivity contribution in [3.8, 4) is 0 Å². The molecule has 3 heterocycles. The molecule has 2 amide bonds. The highest BCUT2D eigenvalue weighted by Gasteiger charge is 2.54. The van der Waals surface area contributed by atoms with Gasteiger partial charge >= 0.3 is 0 Å². The third-order valence-electron chi connectivity index (χ3n) is 8.67. The first-order valence-electron chi connectivity index (χ1n) is 13.7. The van der Waals surface area contributed by atoms with E-state index in [1.165, 1.54) is 10.5 Å². The summed E-state index contributed by atoms with van der Waals surface area (Å²) < 4.78 is 25.0. The lowest BCUT2D eigenvalue weighted by Crippen LogP contribution is -2.54. The Labute approximate surface area is 270 Å². The molecule has 1 N–H and O–H groups in total. The van der Waals surface area contributed by atoms with Crippen LogP contribution in [0.2, 0.25) is 0 Å². The number of amides is 2. The Bertz CT molecular complexity index is 993. The van der Waals surface area contributed by atoms with E-state index in [1.54, 1.807) is 7.11 Å². The molecule has 234 valence electrons. The maximum atomic E-state index is 14.5. The summed E-state index contributed by atoms with van der Waals surface area (Å²) >= 11 is 0. The third kappa shape index (κ3) is 8.57. The van der Waals surface area contributed by atoms with Gasteiger partial charge in [-0.15, -0.1) is 0 Å². The molecule has 0 unspecified atom stereocenters. The van der Waals surface area contributed by atoms with E-state index in [-0.39, 0.29) is 90.6 Å². The number of hydrogen-bond acceptors (Lipinski definition) is 6. The number of ether oxygens (including phenoxy) is 2. The summed E-state index contributed by atoms with van der Waals surface area (Å²) in [5.74, 6) is -0.505. The molecule has 3 saturated heterocycles. The Morgan fingerprint density at radius 3 is 2.29 bits per heavy atom. The van der Waals surface area contributed by atoms with Crippen LogP contribution >= 0.6 is 54.0 Å². The molecule has 0 aromatic heterocycles. The second-order valence-corrected chi connectivity index (χ2v) is 10.9. The van der Waals surface area contributed by atoms with Gasteiger partial charge in [0.25, 0.3) is 5.91 Å². The maximum Gasteiger partial charge on any atom is 0.251 e. The zero-order chi connectivity index (χ0) is 25.9. The van der Waals surface area contributed by atoms with Gasteiger partial charge in [0.2, 0.25) is 5.91 Å². The Morgan fingerprint density at radius 2 is 1.68 bits per heavy atom. The summed E-state index contributed by atoms with van der Waals surface area (Å²) in [6.45, 7) is 3.43. The molecule has 5 rings (SSSR count). The highest BCUT2D eigenvalue weighted by Crippen LogP contribution is 2.34. The molecule has 8 nitrogen and oxygen atoms in total. The number of fused-ring (bicyclic) bond motifs is 1. The monoisotopic (exact) mass is 651 g/mol. The van der Waals surface area contributed by atoms with Crippen molar-refractivity contribution in [1.82, 2.24) is 15.1 Å². The van der Waals surface area contributed by atoms with E-state index >= 15 is 0 Å². The number of Topliss-reactive ketones (excluding diaryl/α,β-unsaturated/α-hetero) is 1. The summed E-state index contributed by atoms with van der Waals surface area (Å²) in [6, 6.07) is 6.04. The molecule has 1 aromatic rings. The Morgan fingerprint density at radius 1 is 1.05 bits per heavy atom. The van der Waals surface area contributed by atoms with Crippen LogP contribution in [0.1, 0.15) is 60.4 Å². The van der Waals surface area contributed by atoms with E-state index in [9.17, 15) is 18.8 Å². The van der Waals surface area contributed by atoms with Crippen molar-refractivity contribution in [2.24, 2.45) is 5.92 Å². The number of benzene rings is 1. The molecule has 13 heteroatoms. The Balaban J connectivity index is 0.00000210. The standard InChI is InChI=1S/C28H38FN3O5.4H2S/c1-36-15-14-31-12-10-19(11-13-31)18-6-8-21(9-7-18)27(34)30-24(20-4-2-3-5-20)28(35)32-16-22(29)26-25(32)23(33)17-37-26;;;;/h6-9,19-20,22,24-26H,2-5,10-17H2,1H3,(H,30,34);4*1H2/t22-,24+,25-,26-;;;;/m1..../s1. The van der Waals surface area contributed by atoms with Gasteiger partial charge in [-0.05, 0) is 68.3 Å². The van der Waals surface area contributed by atoms with E-state index in [0.29, 0.717) is 11.5 Å². The minimum Gasteiger partial charge on any atom is -0.383 e. The van der Waals surface area contributed by atoms with E-state index in [4.69, 9.17) is 9.47 Å². The smallest absolute Gasteiger partial charge is 0.251 e. The quantitative estimate of drug-likeness (QED) is 0.466. The maximum absolute atomic E-state index is 14.5. The highest BCUT2D eigenvalue weighted by molar-refractivity contribution is 7.59. The molecule has 0 radical (unpaired) electrons. The topological polar surface area (TPSA) is 88.2 Å². The number of alkyl halides is 1. The molecule has 4 fully saturated rings. The van der Waals surface area contributed by atoms with Gasteiger partial charge in [-0.2, -0.15) is 54.0 Å². The van der Waals surface area contributed by atoms with E-state index in [2.05, 4.69) is 10.2 Å². The van der Waals surface area contributed by atoms with Crippen molar-refractivity contribution in [3.05, 3.63) is 35.4 Å². The zero-order valence-corrected chi connectivity index (χ0v) is 27.6. The first-order valence-corrected chi connectivity index (χ1v) is 13.7. The van der Waals surface area contributed by atoms with Crippen LogP contribution in [0.3, 0.4) is 0 Å². The summed E-state index contributed by atoms with van der Waals surface area (Å²) in [4.78, 5) is 42.9. The van der Waals surface area contributed by atoms with Crippen molar-refractivity contribution in [2.45, 2.75) is 68.8 Å². The van der Waals surface area contributed by atoms with Crippen LogP contribution < -0.4 is 5.32 Å². The van der Waals surface area contributed by atoms with Gasteiger partial charge in [0, 0.05) is 19.2 Å². The van der Waals surface area contributed by atoms with Crippen LogP contribution in [0.25, 0.3) is 0 Å². The van der Waals surface area contributed by atoms with E-state index in [0.717, 1.165) is 64.8 Å². The van der Waals surface area contributed by atoms with E-state index < -0.39 is 24.4 Å². The molecule has 1 aromatic carbocycles. The van der Waals surface area contributed by atoms with Gasteiger partial charge in [0.05, 0.1) is 13.2 Å². The van der Waals surface area contributed by atoms with Crippen LogP contribution in [0, 0.1) is 5.92 Å². The predicted molar refractivity (Wildman–Crippen MR) is 177 cm³/mol. The second kappa shape index (κ2) is 17.4. The molecule has 0 spiro atoms. The summed E-state index contributed by atoms with van der Waals surface area (Å²) in [6.07, 6.45) is 3.49. The number of piperidine rings is 1. The second-order valence-electron chi connectivity index (χ2n) is 10.9. The lowest BCUT2D eigenvalue weighted by atomic mass is 9.89. The van der Waals surface area contributed by atoms with Gasteiger partial charge < -0.3 is 24.6 Å². The average molecular weight is 652 g/mol. The first kappa shape index (κ1) is 38.1. The van der Waals surface area contributed by atoms with Crippen molar-refractivity contribution in [2.75, 3.05) is 46.5 Å². The SMILES string of the molecule is COCCN1CCC(c2ccc(C(=O)N[C@H](C(=O)N3C[C@@H](F)[C@H]4OCC(=O)[C@H]43)C3CCCC3)cc2)CC1.S.S.S.S. The van der Waals surface area contributed by atoms with Gasteiger partial charge in [0.15, 0.2) is 5.78 Å². The fraction of sp³-hybridized carbons (Fsp3) is 0.679. The average Bonchev–Trinajstić information content (AvgIpc) is 3.66. The van der Waals surface area contributed by atoms with Crippen LogP contribution in [0.5, 0.6) is 0 Å². The van der Waals surface area contributed by atoms with Crippen molar-refractivity contribution in [1.29, 1.82) is 0 Å². The number of methoxy groups -OCH3 is 1. The number of rotatable bonds is 8. The zero-order valence-electron chi connectivity index (χ0n) is 23.6. The number of halogens is 1. The molecule has 41 heavy (non-hydrogen) atoms. The largest absolute Gasteiger partial charge is 0.383 e. The molecule has 3 aliphatic heterocycles. The highest BCUT2D eigenvalue weighted by atomic mass is 32.1. The lowest BCUT2D eigenvalue weighted by molar-refractivity contribution is -0.139. The molecule has 1 aliphatic carbocycles. The summed E-state index contributed by atoms with van der Waals surface area (Å²) in [5, 5.41) is 2.96. The van der Waals surface area contributed by atoms with Gasteiger partial charge in [-0.3, -0.25) is 14.4 Å². The van der Waals surface area contributed by atoms with Crippen LogP contribution in [0.4, 0.5) is 4.39 Å². The van der Waals surface area contributed by atoms with Crippen molar-refractivity contribution >= 4 is 71.6 Å². The third-order valence-corrected chi connectivity index (χ3v) is 8.67. The fourth-order valence-electron chi connectivity index (χ4n) is 6.52. The summed E-state index contributed by atoms with van der Waals surface area (Å²) in [5.41, 5.74) is 1.73. The fourth-order valence-corrected chi connectivity index (χ4v) is 6.52. The molecule has 0 bridgehead atoms. The van der Waals surface area contributed by atoms with Crippen LogP contribution in [-0.2, 0) is 19.1 Å². The summed E-state index contributed by atoms with van der Waals surface area (Å²) in [7, 11) is 1.73. The Kier molecular flexibility index (Phi) is 16.1.